The van der Waals surface area contributed by atoms with Crippen molar-refractivity contribution in [3.63, 3.8) is 0 Å². The molecule has 0 saturated heterocycles. The third-order valence-electron chi connectivity index (χ3n) is 3.14. The summed E-state index contributed by atoms with van der Waals surface area (Å²) in [5.41, 5.74) is 4.14. The Hall–Kier alpha value is -2.86. The van der Waals surface area contributed by atoms with Crippen LogP contribution < -0.4 is 15.5 Å². The Balaban J connectivity index is 1.95. The number of aryl methyl sites for hydroxylation is 1. The van der Waals surface area contributed by atoms with Gasteiger partial charge >= 0.3 is 11.8 Å². The third kappa shape index (κ3) is 4.57. The van der Waals surface area contributed by atoms with Gasteiger partial charge in [0.15, 0.2) is 0 Å². The summed E-state index contributed by atoms with van der Waals surface area (Å²) >= 11 is 5.97. The number of nitrogens with one attached hydrogen (secondary N) is 2. The number of anilines is 1. The fourth-order valence-electron chi connectivity index (χ4n) is 1.84. The van der Waals surface area contributed by atoms with Gasteiger partial charge in [-0.05, 0) is 36.8 Å². The number of hydrazone groups is 1. The van der Waals surface area contributed by atoms with Crippen LogP contribution in [-0.4, -0.2) is 25.1 Å². The second kappa shape index (κ2) is 8.12. The van der Waals surface area contributed by atoms with Crippen molar-refractivity contribution in [2.24, 2.45) is 5.10 Å². The van der Waals surface area contributed by atoms with Gasteiger partial charge in [-0.25, -0.2) is 5.43 Å². The molecule has 124 valence electrons. The molecule has 2 rings (SSSR count). The molecular weight excluding hydrogens is 330 g/mol. The minimum absolute atomic E-state index is 0.430. The summed E-state index contributed by atoms with van der Waals surface area (Å²) in [5, 5.41) is 6.70. The van der Waals surface area contributed by atoms with Gasteiger partial charge in [-0.1, -0.05) is 29.8 Å². The van der Waals surface area contributed by atoms with E-state index in [1.165, 1.54) is 13.3 Å². The first kappa shape index (κ1) is 17.5. The van der Waals surface area contributed by atoms with Crippen molar-refractivity contribution in [2.75, 3.05) is 12.4 Å². The molecule has 0 spiro atoms. The number of hydrogen-bond donors (Lipinski definition) is 2. The van der Waals surface area contributed by atoms with Gasteiger partial charge in [0.25, 0.3) is 0 Å². The van der Waals surface area contributed by atoms with Crippen LogP contribution in [0.4, 0.5) is 5.69 Å². The molecular formula is C17H16ClN3O3. The van der Waals surface area contributed by atoms with E-state index in [1.54, 1.807) is 36.4 Å². The molecule has 0 saturated carbocycles. The Morgan fingerprint density at radius 3 is 2.62 bits per heavy atom. The molecule has 0 aliphatic rings. The minimum Gasteiger partial charge on any atom is -0.496 e. The lowest BCUT2D eigenvalue weighted by Crippen LogP contribution is -2.32. The van der Waals surface area contributed by atoms with E-state index in [4.69, 9.17) is 16.3 Å². The highest BCUT2D eigenvalue weighted by Crippen LogP contribution is 2.19. The second-order valence-electron chi connectivity index (χ2n) is 4.86. The number of hydrogen-bond acceptors (Lipinski definition) is 4. The van der Waals surface area contributed by atoms with Crippen LogP contribution in [0, 0.1) is 6.92 Å². The molecule has 2 N–H and O–H groups in total. The van der Waals surface area contributed by atoms with Gasteiger partial charge < -0.3 is 10.1 Å². The first-order valence-electron chi connectivity index (χ1n) is 7.05. The third-order valence-corrected chi connectivity index (χ3v) is 3.55. The Morgan fingerprint density at radius 2 is 1.92 bits per heavy atom. The second-order valence-corrected chi connectivity index (χ2v) is 5.27. The molecule has 0 unspecified atom stereocenters. The molecule has 0 radical (unpaired) electrons. The van der Waals surface area contributed by atoms with Crippen molar-refractivity contribution >= 4 is 35.3 Å². The first-order chi connectivity index (χ1) is 11.5. The van der Waals surface area contributed by atoms with E-state index in [9.17, 15) is 9.59 Å². The van der Waals surface area contributed by atoms with Crippen LogP contribution in [0.25, 0.3) is 0 Å². The average molecular weight is 346 g/mol. The summed E-state index contributed by atoms with van der Waals surface area (Å²) in [6.07, 6.45) is 1.40. The summed E-state index contributed by atoms with van der Waals surface area (Å²) in [5.74, 6) is -1.13. The largest absolute Gasteiger partial charge is 0.496 e. The van der Waals surface area contributed by atoms with Crippen LogP contribution in [0.3, 0.4) is 0 Å². The summed E-state index contributed by atoms with van der Waals surface area (Å²) in [7, 11) is 1.53. The molecule has 24 heavy (non-hydrogen) atoms. The fourth-order valence-corrected chi connectivity index (χ4v) is 2.02. The van der Waals surface area contributed by atoms with Crippen molar-refractivity contribution in [3.05, 3.63) is 58.6 Å². The smallest absolute Gasteiger partial charge is 0.329 e. The number of benzene rings is 2. The molecule has 7 heteroatoms. The molecule has 0 aliphatic carbocycles. The van der Waals surface area contributed by atoms with Gasteiger partial charge in [0.2, 0.25) is 0 Å². The Kier molecular flexibility index (Phi) is 5.92. The maximum absolute atomic E-state index is 11.8. The molecule has 2 aromatic rings. The van der Waals surface area contributed by atoms with Crippen molar-refractivity contribution in [3.8, 4) is 5.75 Å². The maximum Gasteiger partial charge on any atom is 0.329 e. The molecule has 0 bridgehead atoms. The molecule has 0 fully saturated rings. The monoisotopic (exact) mass is 345 g/mol. The van der Waals surface area contributed by atoms with Gasteiger partial charge in [0.05, 0.1) is 13.3 Å². The summed E-state index contributed by atoms with van der Waals surface area (Å²) in [6.45, 7) is 1.84. The Bertz CT molecular complexity index is 790. The SMILES string of the molecule is COc1ccccc1C=NNC(=O)C(=O)Nc1ccc(C)c(Cl)c1. The predicted molar refractivity (Wildman–Crippen MR) is 93.5 cm³/mol. The lowest BCUT2D eigenvalue weighted by atomic mass is 10.2. The minimum atomic E-state index is -0.891. The highest BCUT2D eigenvalue weighted by molar-refractivity contribution is 6.39. The van der Waals surface area contributed by atoms with Crippen LogP contribution in [0.1, 0.15) is 11.1 Å². The average Bonchev–Trinajstić information content (AvgIpc) is 2.58. The van der Waals surface area contributed by atoms with Gasteiger partial charge in [-0.15, -0.1) is 0 Å². The van der Waals surface area contributed by atoms with Crippen LogP contribution in [0.15, 0.2) is 47.6 Å². The highest BCUT2D eigenvalue weighted by Gasteiger charge is 2.13. The van der Waals surface area contributed by atoms with E-state index < -0.39 is 11.8 Å². The number of ether oxygens (including phenoxy) is 1. The van der Waals surface area contributed by atoms with Crippen LogP contribution in [0.2, 0.25) is 5.02 Å². The van der Waals surface area contributed by atoms with Crippen molar-refractivity contribution < 1.29 is 14.3 Å². The number of para-hydroxylation sites is 1. The molecule has 2 amide bonds. The van der Waals surface area contributed by atoms with Gasteiger partial charge in [0.1, 0.15) is 5.75 Å². The van der Waals surface area contributed by atoms with Crippen molar-refractivity contribution in [2.45, 2.75) is 6.92 Å². The fraction of sp³-hybridized carbons (Fsp3) is 0.118. The Labute approximate surface area is 144 Å². The zero-order valence-corrected chi connectivity index (χ0v) is 13.9. The number of methoxy groups -OCH3 is 1. The van der Waals surface area contributed by atoms with Crippen LogP contribution in [0.5, 0.6) is 5.75 Å². The molecule has 0 aromatic heterocycles. The molecule has 2 aromatic carbocycles. The van der Waals surface area contributed by atoms with Crippen molar-refractivity contribution in [1.29, 1.82) is 0 Å². The molecule has 0 heterocycles. The lowest BCUT2D eigenvalue weighted by molar-refractivity contribution is -0.136. The zero-order chi connectivity index (χ0) is 17.5. The van der Waals surface area contributed by atoms with Crippen LogP contribution in [-0.2, 0) is 9.59 Å². The number of rotatable bonds is 4. The summed E-state index contributed by atoms with van der Waals surface area (Å²) < 4.78 is 5.15. The number of nitrogens with zero attached hydrogens (tertiary/aromatic N) is 1. The van der Waals surface area contributed by atoms with Crippen molar-refractivity contribution in [1.82, 2.24) is 5.43 Å². The van der Waals surface area contributed by atoms with E-state index in [-0.39, 0.29) is 0 Å². The number of carbonyl (C=O) groups is 2. The number of halogens is 1. The zero-order valence-electron chi connectivity index (χ0n) is 13.2. The topological polar surface area (TPSA) is 79.8 Å². The van der Waals surface area contributed by atoms with E-state index in [0.717, 1.165) is 5.56 Å². The molecule has 0 atom stereocenters. The highest BCUT2D eigenvalue weighted by atomic mass is 35.5. The predicted octanol–water partition coefficient (Wildman–Crippen LogP) is 2.75. The van der Waals surface area contributed by atoms with E-state index >= 15 is 0 Å². The molecule has 0 aliphatic heterocycles. The van der Waals surface area contributed by atoms with E-state index in [2.05, 4.69) is 15.8 Å². The summed E-state index contributed by atoms with van der Waals surface area (Å²) in [4.78, 5) is 23.6. The quantitative estimate of drug-likeness (QED) is 0.508. The van der Waals surface area contributed by atoms with E-state index in [1.807, 2.05) is 13.0 Å². The normalized spacial score (nSPS) is 10.5. The maximum atomic E-state index is 11.8. The Morgan fingerprint density at radius 1 is 1.17 bits per heavy atom. The first-order valence-corrected chi connectivity index (χ1v) is 7.42. The van der Waals surface area contributed by atoms with Gasteiger partial charge in [-0.3, -0.25) is 9.59 Å². The van der Waals surface area contributed by atoms with Gasteiger partial charge in [-0.2, -0.15) is 5.10 Å². The molecule has 6 nitrogen and oxygen atoms in total. The number of carbonyl (C=O) groups excluding carboxylic acids is 2. The van der Waals surface area contributed by atoms with E-state index in [0.29, 0.717) is 22.0 Å². The van der Waals surface area contributed by atoms with Gasteiger partial charge in [0, 0.05) is 16.3 Å². The number of amides is 2. The standard InChI is InChI=1S/C17H16ClN3O3/c1-11-7-8-13(9-14(11)18)20-16(22)17(23)21-19-10-12-5-3-4-6-15(12)24-2/h3-10H,1-2H3,(H,20,22)(H,21,23). The van der Waals surface area contributed by atoms with Crippen LogP contribution >= 0.6 is 11.6 Å². The lowest BCUT2D eigenvalue weighted by Gasteiger charge is -2.06. The summed E-state index contributed by atoms with van der Waals surface area (Å²) in [6, 6.07) is 12.1.